The molecular weight excluding hydrogens is 283 g/mol. The number of benzene rings is 2. The van der Waals surface area contributed by atoms with Crippen LogP contribution >= 0.6 is 11.8 Å². The van der Waals surface area contributed by atoms with Crippen LogP contribution in [0.1, 0.15) is 29.2 Å². The number of hydrogen-bond acceptors (Lipinski definition) is 3. The van der Waals surface area contributed by atoms with Gasteiger partial charge in [-0.05, 0) is 53.6 Å². The van der Waals surface area contributed by atoms with Crippen molar-refractivity contribution in [3.63, 3.8) is 0 Å². The largest absolute Gasteiger partial charge is 0.306 e. The molecule has 0 aliphatic carbocycles. The zero-order valence-corrected chi connectivity index (χ0v) is 12.3. The summed E-state index contributed by atoms with van der Waals surface area (Å²) in [6.07, 6.45) is 0.985. The molecule has 21 heavy (non-hydrogen) atoms. The van der Waals surface area contributed by atoms with Crippen LogP contribution in [-0.2, 0) is 6.54 Å². The van der Waals surface area contributed by atoms with Crippen LogP contribution < -0.4 is 5.32 Å². The number of nitrogens with zero attached hydrogens (tertiary/aromatic N) is 1. The number of nitriles is 1. The fourth-order valence-corrected chi connectivity index (χ4v) is 3.67. The molecule has 2 aromatic carbocycles. The van der Waals surface area contributed by atoms with Gasteiger partial charge < -0.3 is 5.32 Å². The Morgan fingerprint density at radius 1 is 1.29 bits per heavy atom. The van der Waals surface area contributed by atoms with Gasteiger partial charge in [0.25, 0.3) is 0 Å². The first-order chi connectivity index (χ1) is 10.3. The Morgan fingerprint density at radius 2 is 2.19 bits per heavy atom. The normalized spacial score (nSPS) is 17.0. The molecule has 0 radical (unpaired) electrons. The van der Waals surface area contributed by atoms with Crippen LogP contribution in [0.25, 0.3) is 0 Å². The first kappa shape index (κ1) is 14.1. The second-order valence-corrected chi connectivity index (χ2v) is 6.20. The molecule has 106 valence electrons. The topological polar surface area (TPSA) is 35.8 Å². The quantitative estimate of drug-likeness (QED) is 0.929. The minimum atomic E-state index is -0.186. The number of hydrogen-bond donors (Lipinski definition) is 1. The fraction of sp³-hybridized carbons (Fsp3) is 0.235. The Bertz CT molecular complexity index is 693. The summed E-state index contributed by atoms with van der Waals surface area (Å²) < 4.78 is 13.5. The van der Waals surface area contributed by atoms with E-state index in [1.165, 1.54) is 6.07 Å². The Kier molecular flexibility index (Phi) is 4.23. The maximum absolute atomic E-state index is 13.5. The molecule has 1 aliphatic heterocycles. The van der Waals surface area contributed by atoms with Gasteiger partial charge in [-0.25, -0.2) is 4.39 Å². The lowest BCUT2D eigenvalue weighted by molar-refractivity contribution is 0.504. The lowest BCUT2D eigenvalue weighted by Crippen LogP contribution is -2.24. The first-order valence-electron chi connectivity index (χ1n) is 6.91. The van der Waals surface area contributed by atoms with E-state index in [1.54, 1.807) is 23.9 Å². The third kappa shape index (κ3) is 3.26. The van der Waals surface area contributed by atoms with Crippen molar-refractivity contribution in [2.75, 3.05) is 5.75 Å². The molecule has 3 rings (SSSR count). The van der Waals surface area contributed by atoms with E-state index >= 15 is 0 Å². The molecular formula is C17H15FN2S. The summed E-state index contributed by atoms with van der Waals surface area (Å²) in [6, 6.07) is 14.9. The standard InChI is InChI=1S/C17H15FN2S/c18-14-4-5-17-15(9-14)16(6-7-21-17)20-11-13-3-1-2-12(8-13)10-19/h1-5,8-9,16,20H,6-7,11H2. The molecule has 0 bridgehead atoms. The number of rotatable bonds is 3. The zero-order chi connectivity index (χ0) is 14.7. The van der Waals surface area contributed by atoms with Crippen LogP contribution in [-0.4, -0.2) is 5.75 Å². The summed E-state index contributed by atoms with van der Waals surface area (Å²) in [6.45, 7) is 0.681. The van der Waals surface area contributed by atoms with E-state index in [4.69, 9.17) is 5.26 Å². The van der Waals surface area contributed by atoms with Crippen molar-refractivity contribution in [2.45, 2.75) is 23.9 Å². The van der Waals surface area contributed by atoms with Gasteiger partial charge >= 0.3 is 0 Å². The maximum Gasteiger partial charge on any atom is 0.123 e. The van der Waals surface area contributed by atoms with E-state index in [1.807, 2.05) is 24.3 Å². The van der Waals surface area contributed by atoms with Crippen LogP contribution in [0, 0.1) is 17.1 Å². The van der Waals surface area contributed by atoms with Crippen LogP contribution in [0.2, 0.25) is 0 Å². The van der Waals surface area contributed by atoms with Gasteiger partial charge in [-0.15, -0.1) is 11.8 Å². The number of nitrogens with one attached hydrogen (secondary N) is 1. The van der Waals surface area contributed by atoms with Crippen LogP contribution in [0.3, 0.4) is 0 Å². The molecule has 0 amide bonds. The van der Waals surface area contributed by atoms with Crippen molar-refractivity contribution in [3.8, 4) is 6.07 Å². The van der Waals surface area contributed by atoms with E-state index in [0.29, 0.717) is 12.1 Å². The third-order valence-electron chi connectivity index (χ3n) is 3.62. The van der Waals surface area contributed by atoms with Crippen LogP contribution in [0.5, 0.6) is 0 Å². The third-order valence-corrected chi connectivity index (χ3v) is 4.74. The Labute approximate surface area is 128 Å². The number of thioether (sulfide) groups is 1. The molecule has 1 unspecified atom stereocenters. The van der Waals surface area contributed by atoms with Crippen molar-refractivity contribution < 1.29 is 4.39 Å². The minimum Gasteiger partial charge on any atom is -0.306 e. The second-order valence-electron chi connectivity index (χ2n) is 5.06. The van der Waals surface area contributed by atoms with E-state index in [9.17, 15) is 4.39 Å². The van der Waals surface area contributed by atoms with Gasteiger partial charge in [-0.1, -0.05) is 12.1 Å². The smallest absolute Gasteiger partial charge is 0.123 e. The summed E-state index contributed by atoms with van der Waals surface area (Å²) in [5, 5.41) is 12.4. The summed E-state index contributed by atoms with van der Waals surface area (Å²) in [7, 11) is 0. The van der Waals surface area contributed by atoms with Crippen molar-refractivity contribution in [1.82, 2.24) is 5.32 Å². The molecule has 4 heteroatoms. The summed E-state index contributed by atoms with van der Waals surface area (Å²) in [5.74, 6) is 0.851. The highest BCUT2D eigenvalue weighted by Gasteiger charge is 2.20. The van der Waals surface area contributed by atoms with Crippen molar-refractivity contribution >= 4 is 11.8 Å². The molecule has 0 spiro atoms. The molecule has 0 aromatic heterocycles. The van der Waals surface area contributed by atoms with Gasteiger partial charge in [-0.2, -0.15) is 5.26 Å². The predicted octanol–water partition coefficient (Wildman–Crippen LogP) is 4.02. The fourth-order valence-electron chi connectivity index (χ4n) is 2.57. The highest BCUT2D eigenvalue weighted by molar-refractivity contribution is 7.99. The summed E-state index contributed by atoms with van der Waals surface area (Å²) in [4.78, 5) is 1.16. The Morgan fingerprint density at radius 3 is 3.05 bits per heavy atom. The SMILES string of the molecule is N#Cc1cccc(CNC2CCSc3ccc(F)cc32)c1. The molecule has 1 atom stereocenters. The lowest BCUT2D eigenvalue weighted by atomic mass is 10.0. The average Bonchev–Trinajstić information content (AvgIpc) is 2.53. The van der Waals surface area contributed by atoms with E-state index in [2.05, 4.69) is 11.4 Å². The van der Waals surface area contributed by atoms with Gasteiger partial charge in [-0.3, -0.25) is 0 Å². The van der Waals surface area contributed by atoms with E-state index in [-0.39, 0.29) is 11.9 Å². The van der Waals surface area contributed by atoms with E-state index < -0.39 is 0 Å². The van der Waals surface area contributed by atoms with Gasteiger partial charge in [0.1, 0.15) is 5.82 Å². The second kappa shape index (κ2) is 6.30. The predicted molar refractivity (Wildman–Crippen MR) is 82.5 cm³/mol. The van der Waals surface area contributed by atoms with Gasteiger partial charge in [0, 0.05) is 17.5 Å². The molecule has 1 heterocycles. The average molecular weight is 298 g/mol. The highest BCUT2D eigenvalue weighted by Crippen LogP contribution is 2.36. The Balaban J connectivity index is 1.75. The molecule has 0 saturated heterocycles. The van der Waals surface area contributed by atoms with Gasteiger partial charge in [0.15, 0.2) is 0 Å². The molecule has 2 nitrogen and oxygen atoms in total. The van der Waals surface area contributed by atoms with Crippen molar-refractivity contribution in [1.29, 1.82) is 5.26 Å². The number of halogens is 1. The van der Waals surface area contributed by atoms with Crippen LogP contribution in [0.15, 0.2) is 47.4 Å². The zero-order valence-electron chi connectivity index (χ0n) is 11.5. The van der Waals surface area contributed by atoms with Crippen LogP contribution in [0.4, 0.5) is 4.39 Å². The molecule has 0 fully saturated rings. The number of fused-ring (bicyclic) bond motifs is 1. The van der Waals surface area contributed by atoms with Gasteiger partial charge in [0.2, 0.25) is 0 Å². The molecule has 2 aromatic rings. The van der Waals surface area contributed by atoms with Gasteiger partial charge in [0.05, 0.1) is 11.6 Å². The highest BCUT2D eigenvalue weighted by atomic mass is 32.2. The van der Waals surface area contributed by atoms with Crippen molar-refractivity contribution in [3.05, 3.63) is 65.0 Å². The molecule has 1 aliphatic rings. The van der Waals surface area contributed by atoms with E-state index in [0.717, 1.165) is 28.2 Å². The Hall–Kier alpha value is -1.83. The molecule has 0 saturated carbocycles. The maximum atomic E-state index is 13.5. The monoisotopic (exact) mass is 298 g/mol. The van der Waals surface area contributed by atoms with Crippen molar-refractivity contribution in [2.24, 2.45) is 0 Å². The summed E-state index contributed by atoms with van der Waals surface area (Å²) in [5.41, 5.74) is 2.79. The first-order valence-corrected chi connectivity index (χ1v) is 7.89. The molecule has 1 N–H and O–H groups in total. The summed E-state index contributed by atoms with van der Waals surface area (Å²) >= 11 is 1.78. The lowest BCUT2D eigenvalue weighted by Gasteiger charge is -2.26. The minimum absolute atomic E-state index is 0.169.